The van der Waals surface area contributed by atoms with Crippen molar-refractivity contribution in [3.05, 3.63) is 35.9 Å². The van der Waals surface area contributed by atoms with Crippen molar-refractivity contribution in [1.82, 2.24) is 4.90 Å². The third-order valence-corrected chi connectivity index (χ3v) is 3.00. The maximum atomic E-state index is 12.3. The summed E-state index contributed by atoms with van der Waals surface area (Å²) >= 11 is 0. The highest BCUT2D eigenvalue weighted by Crippen LogP contribution is 2.29. The zero-order chi connectivity index (χ0) is 14.8. The fraction of sp³-hybridized carbons (Fsp3) is 0.533. The van der Waals surface area contributed by atoms with Crippen LogP contribution < -0.4 is 0 Å². The van der Waals surface area contributed by atoms with E-state index in [1.54, 1.807) is 0 Å². The molecule has 1 N–H and O–H groups in total. The van der Waals surface area contributed by atoms with Gasteiger partial charge < -0.3 is 14.6 Å². The van der Waals surface area contributed by atoms with Gasteiger partial charge in [-0.3, -0.25) is 4.90 Å². The van der Waals surface area contributed by atoms with Crippen LogP contribution in [-0.2, 0) is 9.47 Å². The van der Waals surface area contributed by atoms with E-state index in [0.29, 0.717) is 13.2 Å². The van der Waals surface area contributed by atoms with Gasteiger partial charge in [-0.25, -0.2) is 4.79 Å². The number of hydrogen-bond donors (Lipinski definition) is 1. The smallest absolute Gasteiger partial charge is 0.411 e. The maximum absolute atomic E-state index is 12.3. The van der Waals surface area contributed by atoms with Crippen molar-refractivity contribution in [3.8, 4) is 0 Å². The summed E-state index contributed by atoms with van der Waals surface area (Å²) < 4.78 is 10.7. The van der Waals surface area contributed by atoms with Gasteiger partial charge in [0.25, 0.3) is 0 Å². The van der Waals surface area contributed by atoms with Crippen molar-refractivity contribution in [1.29, 1.82) is 0 Å². The highest BCUT2D eigenvalue weighted by atomic mass is 16.6. The van der Waals surface area contributed by atoms with Crippen LogP contribution in [0.5, 0.6) is 0 Å². The molecule has 2 rings (SSSR count). The lowest BCUT2D eigenvalue weighted by Gasteiger charge is -2.39. The molecule has 1 fully saturated rings. The molecule has 0 saturated carbocycles. The number of morpholine rings is 1. The van der Waals surface area contributed by atoms with E-state index < -0.39 is 24.0 Å². The number of benzene rings is 1. The SMILES string of the molecule is CC(C)(C)OC(=O)N1CCOC(O)[C@@H]1c1ccccc1. The molecule has 5 heteroatoms. The van der Waals surface area contributed by atoms with Gasteiger partial charge in [-0.15, -0.1) is 0 Å². The number of nitrogens with zero attached hydrogens (tertiary/aromatic N) is 1. The van der Waals surface area contributed by atoms with Gasteiger partial charge in [-0.1, -0.05) is 30.3 Å². The van der Waals surface area contributed by atoms with Gasteiger partial charge in [0.2, 0.25) is 0 Å². The second-order valence-corrected chi connectivity index (χ2v) is 5.79. The lowest BCUT2D eigenvalue weighted by atomic mass is 10.0. The van der Waals surface area contributed by atoms with Crippen LogP contribution in [0.25, 0.3) is 0 Å². The third kappa shape index (κ3) is 3.49. The minimum atomic E-state index is -1.04. The first kappa shape index (κ1) is 14.8. The first-order chi connectivity index (χ1) is 9.38. The Labute approximate surface area is 119 Å². The lowest BCUT2D eigenvalue weighted by molar-refractivity contribution is -0.177. The molecule has 0 aliphatic carbocycles. The minimum absolute atomic E-state index is 0.295. The molecule has 20 heavy (non-hydrogen) atoms. The monoisotopic (exact) mass is 279 g/mol. The number of carbonyl (C=O) groups excluding carboxylic acids is 1. The Morgan fingerprint density at radius 2 is 2.00 bits per heavy atom. The van der Waals surface area contributed by atoms with Crippen LogP contribution in [0, 0.1) is 0 Å². The van der Waals surface area contributed by atoms with Crippen LogP contribution >= 0.6 is 0 Å². The molecule has 1 amide bonds. The van der Waals surface area contributed by atoms with E-state index in [1.165, 1.54) is 4.90 Å². The standard InChI is InChI=1S/C15H21NO4/c1-15(2,3)20-14(18)16-9-10-19-13(17)12(16)11-7-5-4-6-8-11/h4-8,12-13,17H,9-10H2,1-3H3/t12-,13?/m0/s1. The molecule has 0 bridgehead atoms. The van der Waals surface area contributed by atoms with Gasteiger partial charge in [0.1, 0.15) is 11.6 Å². The van der Waals surface area contributed by atoms with E-state index in [4.69, 9.17) is 9.47 Å². The molecule has 0 aromatic heterocycles. The van der Waals surface area contributed by atoms with Crippen molar-refractivity contribution < 1.29 is 19.4 Å². The molecule has 1 saturated heterocycles. The van der Waals surface area contributed by atoms with E-state index in [1.807, 2.05) is 51.1 Å². The number of amides is 1. The molecule has 1 aliphatic rings. The van der Waals surface area contributed by atoms with Gasteiger partial charge >= 0.3 is 6.09 Å². The van der Waals surface area contributed by atoms with Gasteiger partial charge in [0, 0.05) is 6.54 Å². The molecule has 0 spiro atoms. The van der Waals surface area contributed by atoms with E-state index in [-0.39, 0.29) is 0 Å². The van der Waals surface area contributed by atoms with Gasteiger partial charge in [-0.2, -0.15) is 0 Å². The molecule has 1 heterocycles. The van der Waals surface area contributed by atoms with Crippen LogP contribution in [0.3, 0.4) is 0 Å². The molecule has 5 nitrogen and oxygen atoms in total. The topological polar surface area (TPSA) is 59.0 Å². The first-order valence-electron chi connectivity index (χ1n) is 6.73. The Morgan fingerprint density at radius 3 is 2.60 bits per heavy atom. The van der Waals surface area contributed by atoms with Gasteiger partial charge in [0.05, 0.1) is 6.61 Å². The quantitative estimate of drug-likeness (QED) is 0.857. The molecule has 110 valence electrons. The van der Waals surface area contributed by atoms with E-state index in [2.05, 4.69) is 0 Å². The van der Waals surface area contributed by atoms with E-state index >= 15 is 0 Å². The minimum Gasteiger partial charge on any atom is -0.444 e. The number of rotatable bonds is 1. The van der Waals surface area contributed by atoms with Crippen LogP contribution in [0.15, 0.2) is 30.3 Å². The summed E-state index contributed by atoms with van der Waals surface area (Å²) in [6.45, 7) is 6.15. The molecule has 1 aromatic carbocycles. The van der Waals surface area contributed by atoms with Crippen molar-refractivity contribution in [2.24, 2.45) is 0 Å². The number of hydrogen-bond acceptors (Lipinski definition) is 4. The Balaban J connectivity index is 2.23. The Morgan fingerprint density at radius 1 is 1.35 bits per heavy atom. The summed E-state index contributed by atoms with van der Waals surface area (Å²) in [5.74, 6) is 0. The summed E-state index contributed by atoms with van der Waals surface area (Å²) in [5, 5.41) is 10.1. The largest absolute Gasteiger partial charge is 0.444 e. The number of aliphatic hydroxyl groups excluding tert-OH is 1. The molecule has 0 radical (unpaired) electrons. The van der Waals surface area contributed by atoms with E-state index in [0.717, 1.165) is 5.56 Å². The molecular weight excluding hydrogens is 258 g/mol. The van der Waals surface area contributed by atoms with Crippen molar-refractivity contribution >= 4 is 6.09 Å². The first-order valence-corrected chi connectivity index (χ1v) is 6.73. The van der Waals surface area contributed by atoms with Crippen LogP contribution in [-0.4, -0.2) is 41.1 Å². The summed E-state index contributed by atoms with van der Waals surface area (Å²) in [5.41, 5.74) is 0.257. The predicted molar refractivity (Wildman–Crippen MR) is 74.1 cm³/mol. The second kappa shape index (κ2) is 5.81. The lowest BCUT2D eigenvalue weighted by Crippen LogP contribution is -2.49. The second-order valence-electron chi connectivity index (χ2n) is 5.79. The fourth-order valence-electron chi connectivity index (χ4n) is 2.18. The van der Waals surface area contributed by atoms with Gasteiger partial charge in [0.15, 0.2) is 6.29 Å². The summed E-state index contributed by atoms with van der Waals surface area (Å²) in [6, 6.07) is 8.80. The third-order valence-electron chi connectivity index (χ3n) is 3.00. The fourth-order valence-corrected chi connectivity index (χ4v) is 2.18. The summed E-state index contributed by atoms with van der Waals surface area (Å²) in [7, 11) is 0. The van der Waals surface area contributed by atoms with Crippen LogP contribution in [0.2, 0.25) is 0 Å². The maximum Gasteiger partial charge on any atom is 0.411 e. The normalized spacial score (nSPS) is 23.5. The predicted octanol–water partition coefficient (Wildman–Crippen LogP) is 2.31. The Kier molecular flexibility index (Phi) is 4.30. The van der Waals surface area contributed by atoms with Crippen LogP contribution in [0.1, 0.15) is 32.4 Å². The van der Waals surface area contributed by atoms with Crippen LogP contribution in [0.4, 0.5) is 4.79 Å². The average Bonchev–Trinajstić information content (AvgIpc) is 2.37. The zero-order valence-electron chi connectivity index (χ0n) is 12.1. The van der Waals surface area contributed by atoms with Gasteiger partial charge in [-0.05, 0) is 26.3 Å². The molecule has 1 aliphatic heterocycles. The highest BCUT2D eigenvalue weighted by molar-refractivity contribution is 5.69. The number of aliphatic hydroxyl groups is 1. The number of ether oxygens (including phenoxy) is 2. The molecule has 1 unspecified atom stereocenters. The van der Waals surface area contributed by atoms with E-state index in [9.17, 15) is 9.90 Å². The number of carbonyl (C=O) groups is 1. The highest BCUT2D eigenvalue weighted by Gasteiger charge is 2.37. The molecule has 2 atom stereocenters. The zero-order valence-corrected chi connectivity index (χ0v) is 12.1. The summed E-state index contributed by atoms with van der Waals surface area (Å²) in [6.07, 6.45) is -1.48. The average molecular weight is 279 g/mol. The Bertz CT molecular complexity index is 455. The van der Waals surface area contributed by atoms with Crippen molar-refractivity contribution in [2.75, 3.05) is 13.2 Å². The van der Waals surface area contributed by atoms with Crippen molar-refractivity contribution in [3.63, 3.8) is 0 Å². The van der Waals surface area contributed by atoms with Crippen molar-refractivity contribution in [2.45, 2.75) is 38.7 Å². The summed E-state index contributed by atoms with van der Waals surface area (Å²) in [4.78, 5) is 13.8. The molecular formula is C15H21NO4. The molecule has 1 aromatic rings. The Hall–Kier alpha value is -1.59.